The predicted octanol–water partition coefficient (Wildman–Crippen LogP) is 5.69. The van der Waals surface area contributed by atoms with Crippen LogP contribution in [0.5, 0.6) is 0 Å². The normalized spacial score (nSPS) is 20.3. The van der Waals surface area contributed by atoms with E-state index in [4.69, 9.17) is 4.98 Å². The third kappa shape index (κ3) is 5.15. The molecule has 2 heterocycles. The Kier molecular flexibility index (Phi) is 6.92. The van der Waals surface area contributed by atoms with Gasteiger partial charge < -0.3 is 5.32 Å². The van der Waals surface area contributed by atoms with Crippen LogP contribution in [-0.2, 0) is 16.4 Å². The number of benzene rings is 2. The molecule has 0 spiro atoms. The lowest BCUT2D eigenvalue weighted by Gasteiger charge is -2.29. The number of rotatable bonds is 6. The fourth-order valence-electron chi connectivity index (χ4n) is 4.52. The van der Waals surface area contributed by atoms with Crippen LogP contribution in [0.3, 0.4) is 0 Å². The van der Waals surface area contributed by atoms with E-state index in [2.05, 4.69) is 34.3 Å². The van der Waals surface area contributed by atoms with Crippen LogP contribution in [0.25, 0.3) is 11.3 Å². The number of hydrogen-bond donors (Lipinski definition) is 2. The first-order valence-corrected chi connectivity index (χ1v) is 14.6. The fourth-order valence-corrected chi connectivity index (χ4v) is 7.90. The molecule has 5 nitrogen and oxygen atoms in total. The van der Waals surface area contributed by atoms with Crippen molar-refractivity contribution in [3.8, 4) is 11.3 Å². The van der Waals surface area contributed by atoms with Crippen LogP contribution in [-0.4, -0.2) is 31.7 Å². The molecule has 2 aliphatic rings. The Morgan fingerprint density at radius 3 is 2.65 bits per heavy atom. The molecule has 34 heavy (non-hydrogen) atoms. The third-order valence-corrected chi connectivity index (χ3v) is 9.92. The zero-order valence-electron chi connectivity index (χ0n) is 18.4. The molecule has 0 unspecified atom stereocenters. The van der Waals surface area contributed by atoms with Crippen LogP contribution >= 0.6 is 23.1 Å². The van der Waals surface area contributed by atoms with E-state index >= 15 is 0 Å². The maximum Gasteiger partial charge on any atom is 0.243 e. The summed E-state index contributed by atoms with van der Waals surface area (Å²) < 4.78 is 54.3. The third-order valence-electron chi connectivity index (χ3n) is 6.35. The highest BCUT2D eigenvalue weighted by molar-refractivity contribution is 7.99. The average Bonchev–Trinajstić information content (AvgIpc) is 3.12. The van der Waals surface area contributed by atoms with E-state index in [0.717, 1.165) is 60.8 Å². The minimum atomic E-state index is -4.02. The fraction of sp³-hybridized carbons (Fsp3) is 0.375. The van der Waals surface area contributed by atoms with Crippen molar-refractivity contribution in [2.45, 2.75) is 47.9 Å². The van der Waals surface area contributed by atoms with Crippen molar-refractivity contribution in [2.24, 2.45) is 5.92 Å². The monoisotopic (exact) mass is 521 g/mol. The molecule has 10 heteroatoms. The molecule has 180 valence electrons. The predicted molar refractivity (Wildman–Crippen MR) is 133 cm³/mol. The van der Waals surface area contributed by atoms with Crippen LogP contribution in [0, 0.1) is 17.6 Å². The zero-order chi connectivity index (χ0) is 23.7. The Morgan fingerprint density at radius 1 is 1.06 bits per heavy atom. The molecule has 0 amide bonds. The van der Waals surface area contributed by atoms with E-state index in [9.17, 15) is 17.2 Å². The number of halogens is 2. The quantitative estimate of drug-likeness (QED) is 0.436. The maximum absolute atomic E-state index is 13.9. The van der Waals surface area contributed by atoms with E-state index in [1.54, 1.807) is 11.3 Å². The molecule has 0 radical (unpaired) electrons. The Balaban J connectivity index is 1.16. The molecule has 3 aromatic rings. The van der Waals surface area contributed by atoms with Crippen molar-refractivity contribution in [1.82, 2.24) is 9.71 Å². The van der Waals surface area contributed by atoms with Gasteiger partial charge in [-0.25, -0.2) is 26.9 Å². The number of thioether (sulfide) groups is 1. The number of anilines is 1. The van der Waals surface area contributed by atoms with Gasteiger partial charge in [0.15, 0.2) is 5.13 Å². The zero-order valence-corrected chi connectivity index (χ0v) is 20.8. The van der Waals surface area contributed by atoms with Crippen molar-refractivity contribution in [3.63, 3.8) is 0 Å². The van der Waals surface area contributed by atoms with E-state index in [1.807, 2.05) is 11.8 Å². The Labute approximate surface area is 206 Å². The second kappa shape index (κ2) is 9.93. The van der Waals surface area contributed by atoms with Gasteiger partial charge in [0.2, 0.25) is 10.0 Å². The Morgan fingerprint density at radius 2 is 1.85 bits per heavy atom. The Hall–Kier alpha value is -2.01. The van der Waals surface area contributed by atoms with Crippen LogP contribution in [0.4, 0.5) is 13.9 Å². The number of nitrogens with one attached hydrogen (secondary N) is 2. The van der Waals surface area contributed by atoms with Gasteiger partial charge in [-0.3, -0.25) is 0 Å². The van der Waals surface area contributed by atoms with Crippen LogP contribution in [0.15, 0.2) is 52.3 Å². The van der Waals surface area contributed by atoms with E-state index < -0.39 is 26.6 Å². The summed E-state index contributed by atoms with van der Waals surface area (Å²) in [5.41, 5.74) is 2.29. The van der Waals surface area contributed by atoms with E-state index in [1.165, 1.54) is 15.3 Å². The first-order valence-electron chi connectivity index (χ1n) is 11.3. The average molecular weight is 522 g/mol. The second-order valence-corrected chi connectivity index (χ2v) is 12.6. The van der Waals surface area contributed by atoms with Gasteiger partial charge in [0.25, 0.3) is 0 Å². The summed E-state index contributed by atoms with van der Waals surface area (Å²) in [4.78, 5) is 7.00. The molecule has 1 aliphatic carbocycles. The van der Waals surface area contributed by atoms with Gasteiger partial charge in [0.1, 0.15) is 16.5 Å². The van der Waals surface area contributed by atoms with Gasteiger partial charge in [0.05, 0.1) is 5.69 Å². The van der Waals surface area contributed by atoms with Gasteiger partial charge in [-0.1, -0.05) is 18.2 Å². The minimum Gasteiger partial charge on any atom is -0.359 e. The molecule has 0 bridgehead atoms. The number of aromatic nitrogens is 1. The summed E-state index contributed by atoms with van der Waals surface area (Å²) >= 11 is 3.61. The molecular weight excluding hydrogens is 496 g/mol. The minimum absolute atomic E-state index is 0.174. The summed E-state index contributed by atoms with van der Waals surface area (Å²) in [6, 6.07) is 11.2. The van der Waals surface area contributed by atoms with Crippen LogP contribution < -0.4 is 10.0 Å². The van der Waals surface area contributed by atoms with Gasteiger partial charge in [-0.2, -0.15) is 0 Å². The summed E-state index contributed by atoms with van der Waals surface area (Å²) in [5.74, 6) is -0.659. The van der Waals surface area contributed by atoms with Crippen LogP contribution in [0.1, 0.15) is 30.6 Å². The standard InChI is InChI=1S/C24H25F2N3O2S3/c25-16-7-10-22(19(26)13-16)34(30,31)27-14-15-5-8-17(9-6-15)28-24-29-23-18-3-1-2-4-20(18)32-12-11-21(23)33-24/h1-4,7,10,13,15,17,27H,5-6,8-9,11-12,14H2,(H,28,29)/t15-,17-. The molecular formula is C24H25F2N3O2S3. The number of fused-ring (bicyclic) bond motifs is 3. The van der Waals surface area contributed by atoms with Gasteiger partial charge >= 0.3 is 0 Å². The summed E-state index contributed by atoms with van der Waals surface area (Å²) in [6.45, 7) is 0.242. The summed E-state index contributed by atoms with van der Waals surface area (Å²) in [5, 5.41) is 4.54. The lowest BCUT2D eigenvalue weighted by Crippen LogP contribution is -2.34. The van der Waals surface area contributed by atoms with Crippen molar-refractivity contribution in [3.05, 3.63) is 59.0 Å². The molecule has 2 aromatic carbocycles. The highest BCUT2D eigenvalue weighted by Crippen LogP contribution is 2.41. The number of nitrogens with zero attached hydrogens (tertiary/aromatic N) is 1. The maximum atomic E-state index is 13.9. The number of hydrogen-bond acceptors (Lipinski definition) is 6. The van der Waals surface area contributed by atoms with Crippen molar-refractivity contribution < 1.29 is 17.2 Å². The van der Waals surface area contributed by atoms with Crippen LogP contribution in [0.2, 0.25) is 0 Å². The largest absolute Gasteiger partial charge is 0.359 e. The lowest BCUT2D eigenvalue weighted by molar-refractivity contribution is 0.337. The summed E-state index contributed by atoms with van der Waals surface area (Å²) in [6.07, 6.45) is 4.55. The van der Waals surface area contributed by atoms with Crippen molar-refractivity contribution >= 4 is 38.3 Å². The molecule has 0 saturated heterocycles. The molecule has 0 atom stereocenters. The molecule has 1 fully saturated rings. The molecule has 1 aromatic heterocycles. The smallest absolute Gasteiger partial charge is 0.243 e. The van der Waals surface area contributed by atoms with E-state index in [0.29, 0.717) is 12.1 Å². The first-order chi connectivity index (χ1) is 16.4. The molecule has 2 N–H and O–H groups in total. The highest BCUT2D eigenvalue weighted by Gasteiger charge is 2.26. The van der Waals surface area contributed by atoms with Gasteiger partial charge in [-0.05, 0) is 56.2 Å². The number of aryl methyl sites for hydroxylation is 1. The van der Waals surface area contributed by atoms with Gasteiger partial charge in [-0.15, -0.1) is 23.1 Å². The first kappa shape index (κ1) is 23.7. The van der Waals surface area contributed by atoms with Gasteiger partial charge in [0, 0.05) is 39.7 Å². The molecule has 5 rings (SSSR count). The number of sulfonamides is 1. The second-order valence-electron chi connectivity index (χ2n) is 8.67. The Bertz CT molecular complexity index is 1290. The lowest BCUT2D eigenvalue weighted by atomic mass is 9.86. The SMILES string of the molecule is O=S(=O)(NC[C@H]1CC[C@H](Nc2nc3c(s2)CCSc2ccccc2-3)CC1)c1ccc(F)cc1F. The topological polar surface area (TPSA) is 71.1 Å². The molecule has 1 aliphatic heterocycles. The highest BCUT2D eigenvalue weighted by atomic mass is 32.2. The summed E-state index contributed by atoms with van der Waals surface area (Å²) in [7, 11) is -4.02. The van der Waals surface area contributed by atoms with Crippen molar-refractivity contribution in [2.75, 3.05) is 17.6 Å². The molecule has 1 saturated carbocycles. The van der Waals surface area contributed by atoms with E-state index in [-0.39, 0.29) is 12.5 Å². The van der Waals surface area contributed by atoms with Crippen molar-refractivity contribution in [1.29, 1.82) is 0 Å². The number of thiazole rings is 1.